The molecule has 0 aliphatic carbocycles. The zero-order valence-electron chi connectivity index (χ0n) is 15.6. The second-order valence-corrected chi connectivity index (χ2v) is 7.51. The molecule has 0 unspecified atom stereocenters. The average molecular weight is 386 g/mol. The number of anilines is 1. The maximum Gasteiger partial charge on any atom is 0.339 e. The Morgan fingerprint density at radius 2 is 1.67 bits per heavy atom. The number of carbonyl (C=O) groups excluding carboxylic acids is 2. The van der Waals surface area contributed by atoms with Crippen LogP contribution in [0.15, 0.2) is 48.5 Å². The monoisotopic (exact) mass is 385 g/mol. The first kappa shape index (κ1) is 19.2. The summed E-state index contributed by atoms with van der Waals surface area (Å²) in [5.74, 6) is 0.421. The van der Waals surface area contributed by atoms with E-state index in [0.29, 0.717) is 36.8 Å². The van der Waals surface area contributed by atoms with E-state index in [0.717, 1.165) is 22.0 Å². The second kappa shape index (κ2) is 8.44. The van der Waals surface area contributed by atoms with Gasteiger partial charge in [0, 0.05) is 37.0 Å². The summed E-state index contributed by atoms with van der Waals surface area (Å²) >= 11 is 6.27. The fourth-order valence-corrected chi connectivity index (χ4v) is 3.24. The van der Waals surface area contributed by atoms with E-state index in [2.05, 4.69) is 19.2 Å². The van der Waals surface area contributed by atoms with Crippen LogP contribution >= 0.6 is 11.8 Å². The minimum absolute atomic E-state index is 0.121. The summed E-state index contributed by atoms with van der Waals surface area (Å²) in [7, 11) is 0. The van der Waals surface area contributed by atoms with E-state index in [-0.39, 0.29) is 11.9 Å². The molecule has 1 aliphatic heterocycles. The molecule has 0 radical (unpaired) electrons. The van der Waals surface area contributed by atoms with Crippen molar-refractivity contribution in [3.63, 3.8) is 0 Å². The maximum absolute atomic E-state index is 12.7. The van der Waals surface area contributed by atoms with Gasteiger partial charge in [0.05, 0.1) is 5.69 Å². The molecule has 6 heteroatoms. The van der Waals surface area contributed by atoms with Crippen molar-refractivity contribution >= 4 is 29.4 Å². The Kier molecular flexibility index (Phi) is 6.01. The number of urea groups is 1. The molecule has 3 rings (SSSR count). The number of fused-ring (bicyclic) bond motifs is 1. The van der Waals surface area contributed by atoms with Crippen molar-refractivity contribution in [2.45, 2.75) is 33.4 Å². The van der Waals surface area contributed by atoms with E-state index < -0.39 is 0 Å². The Labute approximate surface area is 165 Å². The fourth-order valence-electron chi connectivity index (χ4n) is 3.02. The quantitative estimate of drug-likeness (QED) is 0.767. The van der Waals surface area contributed by atoms with E-state index in [1.54, 1.807) is 29.2 Å². The number of benzene rings is 2. The molecule has 5 nitrogen and oxygen atoms in total. The third-order valence-corrected chi connectivity index (χ3v) is 4.98. The van der Waals surface area contributed by atoms with Crippen LogP contribution in [0.25, 0.3) is 0 Å². The van der Waals surface area contributed by atoms with Gasteiger partial charge in [0.15, 0.2) is 0 Å². The highest BCUT2D eigenvalue weighted by Crippen LogP contribution is 2.26. The fraction of sp³-hybridized carbons (Fsp3) is 0.333. The second-order valence-electron chi connectivity index (χ2n) is 7.17. The molecule has 1 heterocycles. The Balaban J connectivity index is 1.60. The zero-order valence-corrected chi connectivity index (χ0v) is 16.4. The minimum Gasteiger partial charge on any atom is -0.352 e. The van der Waals surface area contributed by atoms with E-state index in [1.807, 2.05) is 24.3 Å². The third kappa shape index (κ3) is 4.61. The molecular weight excluding hydrogens is 362 g/mol. The molecule has 1 N–H and O–H groups in total. The van der Waals surface area contributed by atoms with Crippen LogP contribution in [0, 0.1) is 5.92 Å². The van der Waals surface area contributed by atoms with Gasteiger partial charge in [0.1, 0.15) is 0 Å². The number of nitrogens with one attached hydrogen (secondary N) is 1. The Morgan fingerprint density at radius 3 is 2.22 bits per heavy atom. The zero-order chi connectivity index (χ0) is 19.4. The van der Waals surface area contributed by atoms with Gasteiger partial charge in [-0.15, -0.1) is 0 Å². The van der Waals surface area contributed by atoms with Crippen LogP contribution in [0.4, 0.5) is 10.5 Å². The van der Waals surface area contributed by atoms with Crippen molar-refractivity contribution in [2.24, 2.45) is 5.92 Å². The lowest BCUT2D eigenvalue weighted by Gasteiger charge is -2.22. The van der Waals surface area contributed by atoms with Crippen LogP contribution in [-0.2, 0) is 13.1 Å². The Morgan fingerprint density at radius 1 is 1.07 bits per heavy atom. The van der Waals surface area contributed by atoms with Gasteiger partial charge in [-0.1, -0.05) is 38.1 Å². The van der Waals surface area contributed by atoms with Crippen molar-refractivity contribution in [2.75, 3.05) is 11.0 Å². The van der Waals surface area contributed by atoms with Crippen LogP contribution < -0.4 is 9.74 Å². The van der Waals surface area contributed by atoms with E-state index >= 15 is 0 Å². The standard InChI is InChI=1S/C21H24ClN3O2/c1-15(2)11-12-23-20(26)16-7-9-19(10-8-16)25(22)21(27)24-13-17-5-3-4-6-18(17)14-24/h3-10,15H,11-14H2,1-2H3,(H,23,26). The van der Waals surface area contributed by atoms with Crippen LogP contribution in [0.1, 0.15) is 41.8 Å². The van der Waals surface area contributed by atoms with Crippen LogP contribution in [-0.4, -0.2) is 23.4 Å². The minimum atomic E-state index is -0.276. The lowest BCUT2D eigenvalue weighted by molar-refractivity contribution is 0.0952. The van der Waals surface area contributed by atoms with Gasteiger partial charge < -0.3 is 10.2 Å². The first-order valence-electron chi connectivity index (χ1n) is 9.15. The van der Waals surface area contributed by atoms with Gasteiger partial charge in [-0.2, -0.15) is 0 Å². The molecule has 0 spiro atoms. The molecule has 0 atom stereocenters. The summed E-state index contributed by atoms with van der Waals surface area (Å²) in [6.45, 7) is 5.98. The van der Waals surface area contributed by atoms with Crippen molar-refractivity contribution in [1.29, 1.82) is 0 Å². The highest BCUT2D eigenvalue weighted by Gasteiger charge is 2.27. The van der Waals surface area contributed by atoms with E-state index in [9.17, 15) is 9.59 Å². The molecule has 3 amide bonds. The third-order valence-electron chi connectivity index (χ3n) is 4.64. The average Bonchev–Trinajstić information content (AvgIpc) is 3.10. The predicted octanol–water partition coefficient (Wildman–Crippen LogP) is 4.56. The van der Waals surface area contributed by atoms with Crippen LogP contribution in [0.5, 0.6) is 0 Å². The first-order chi connectivity index (χ1) is 13.0. The molecule has 0 saturated heterocycles. The lowest BCUT2D eigenvalue weighted by atomic mass is 10.1. The molecular formula is C21H24ClN3O2. The van der Waals surface area contributed by atoms with Gasteiger partial charge in [0.2, 0.25) is 0 Å². The smallest absolute Gasteiger partial charge is 0.339 e. The molecule has 142 valence electrons. The number of nitrogens with zero attached hydrogens (tertiary/aromatic N) is 2. The lowest BCUT2D eigenvalue weighted by Crippen LogP contribution is -2.35. The molecule has 2 aromatic carbocycles. The van der Waals surface area contributed by atoms with Crippen LogP contribution in [0.2, 0.25) is 0 Å². The summed E-state index contributed by atoms with van der Waals surface area (Å²) in [5.41, 5.74) is 3.37. The summed E-state index contributed by atoms with van der Waals surface area (Å²) in [6, 6.07) is 14.4. The molecule has 1 aliphatic rings. The molecule has 2 aromatic rings. The normalized spacial score (nSPS) is 12.8. The Hall–Kier alpha value is -2.53. The van der Waals surface area contributed by atoms with Gasteiger partial charge in [0.25, 0.3) is 5.91 Å². The summed E-state index contributed by atoms with van der Waals surface area (Å²) < 4.78 is 1.10. The highest BCUT2D eigenvalue weighted by molar-refractivity contribution is 6.36. The summed E-state index contributed by atoms with van der Waals surface area (Å²) in [4.78, 5) is 26.5. The first-order valence-corrected chi connectivity index (χ1v) is 9.49. The predicted molar refractivity (Wildman–Crippen MR) is 108 cm³/mol. The SMILES string of the molecule is CC(C)CCNC(=O)c1ccc(N(Cl)C(=O)N2Cc3ccccc3C2)cc1. The van der Waals surface area contributed by atoms with Crippen molar-refractivity contribution in [1.82, 2.24) is 10.2 Å². The van der Waals surface area contributed by atoms with Crippen molar-refractivity contribution < 1.29 is 9.59 Å². The van der Waals surface area contributed by atoms with Gasteiger partial charge >= 0.3 is 6.03 Å². The number of hydrogen-bond donors (Lipinski definition) is 1. The largest absolute Gasteiger partial charge is 0.352 e. The van der Waals surface area contributed by atoms with Crippen molar-refractivity contribution in [3.8, 4) is 0 Å². The number of rotatable bonds is 5. The van der Waals surface area contributed by atoms with Crippen molar-refractivity contribution in [3.05, 3.63) is 65.2 Å². The van der Waals surface area contributed by atoms with Gasteiger partial charge in [-0.25, -0.2) is 9.21 Å². The Bertz CT molecular complexity index is 795. The van der Waals surface area contributed by atoms with Gasteiger partial charge in [-0.05, 0) is 47.7 Å². The summed E-state index contributed by atoms with van der Waals surface area (Å²) in [6.07, 6.45) is 0.937. The maximum atomic E-state index is 12.7. The van der Waals surface area contributed by atoms with Gasteiger partial charge in [-0.3, -0.25) is 4.79 Å². The van der Waals surface area contributed by atoms with E-state index in [4.69, 9.17) is 11.8 Å². The summed E-state index contributed by atoms with van der Waals surface area (Å²) in [5, 5.41) is 2.90. The molecule has 27 heavy (non-hydrogen) atoms. The molecule has 0 bridgehead atoms. The van der Waals surface area contributed by atoms with Crippen LogP contribution in [0.3, 0.4) is 0 Å². The molecule has 0 aromatic heterocycles. The number of halogens is 1. The van der Waals surface area contributed by atoms with E-state index in [1.165, 1.54) is 0 Å². The highest BCUT2D eigenvalue weighted by atomic mass is 35.5. The molecule has 0 saturated carbocycles. The topological polar surface area (TPSA) is 52.7 Å². The number of amides is 3. The molecule has 0 fully saturated rings. The number of hydrogen-bond acceptors (Lipinski definition) is 2. The number of carbonyl (C=O) groups is 2.